The van der Waals surface area contributed by atoms with Crippen molar-refractivity contribution in [2.75, 3.05) is 26.2 Å². The molecule has 0 bridgehead atoms. The fourth-order valence-electron chi connectivity index (χ4n) is 3.85. The van der Waals surface area contributed by atoms with Crippen LogP contribution >= 0.6 is 0 Å². The Balaban J connectivity index is 0.000000383. The van der Waals surface area contributed by atoms with Crippen molar-refractivity contribution in [1.82, 2.24) is 20.0 Å². The molecule has 1 saturated heterocycles. The van der Waals surface area contributed by atoms with Crippen LogP contribution in [-0.2, 0) is 4.79 Å². The van der Waals surface area contributed by atoms with Gasteiger partial charge in [-0.2, -0.15) is 18.3 Å². The summed E-state index contributed by atoms with van der Waals surface area (Å²) in [5, 5.41) is 14.9. The van der Waals surface area contributed by atoms with E-state index in [9.17, 15) is 13.2 Å². The van der Waals surface area contributed by atoms with Gasteiger partial charge in [0.1, 0.15) is 0 Å². The molecular formula is C24H27F3N4O2. The molecule has 6 nitrogen and oxygen atoms in total. The molecule has 2 heterocycles. The topological polar surface area (TPSA) is 70.4 Å². The lowest BCUT2D eigenvalue weighted by Crippen LogP contribution is -2.45. The van der Waals surface area contributed by atoms with Crippen molar-refractivity contribution in [2.45, 2.75) is 25.6 Å². The van der Waals surface area contributed by atoms with E-state index in [0.29, 0.717) is 6.04 Å². The lowest BCUT2D eigenvalue weighted by atomic mass is 9.98. The molecule has 1 aliphatic rings. The van der Waals surface area contributed by atoms with E-state index in [1.807, 2.05) is 23.1 Å². The summed E-state index contributed by atoms with van der Waals surface area (Å²) in [5.74, 6) is -2.76. The first-order valence-corrected chi connectivity index (χ1v) is 10.7. The number of carboxylic acids is 1. The molecule has 0 spiro atoms. The third-order valence-electron chi connectivity index (χ3n) is 5.47. The molecule has 1 atom stereocenters. The molecule has 0 radical (unpaired) electrons. The highest BCUT2D eigenvalue weighted by atomic mass is 19.4. The largest absolute Gasteiger partial charge is 0.490 e. The summed E-state index contributed by atoms with van der Waals surface area (Å²) in [4.78, 5) is 11.5. The van der Waals surface area contributed by atoms with Gasteiger partial charge in [0.2, 0.25) is 0 Å². The summed E-state index contributed by atoms with van der Waals surface area (Å²) < 4.78 is 33.6. The maximum absolute atomic E-state index is 10.6. The number of rotatable bonds is 5. The van der Waals surface area contributed by atoms with Crippen LogP contribution in [0.1, 0.15) is 24.9 Å². The van der Waals surface area contributed by atoms with E-state index < -0.39 is 12.1 Å². The molecule has 1 aliphatic heterocycles. The lowest BCUT2D eigenvalue weighted by molar-refractivity contribution is -0.192. The number of nitrogens with one attached hydrogen (secondary N) is 1. The molecule has 1 fully saturated rings. The predicted molar refractivity (Wildman–Crippen MR) is 120 cm³/mol. The van der Waals surface area contributed by atoms with E-state index in [1.165, 1.54) is 16.7 Å². The number of benzene rings is 2. The fraction of sp³-hybridized carbons (Fsp3) is 0.333. The summed E-state index contributed by atoms with van der Waals surface area (Å²) >= 11 is 0. The zero-order chi connectivity index (χ0) is 23.8. The Morgan fingerprint density at radius 3 is 2.30 bits per heavy atom. The predicted octanol–water partition coefficient (Wildman–Crippen LogP) is 4.53. The maximum Gasteiger partial charge on any atom is 0.490 e. The van der Waals surface area contributed by atoms with E-state index in [4.69, 9.17) is 9.90 Å². The number of alkyl halides is 3. The van der Waals surface area contributed by atoms with Gasteiger partial charge in [0.05, 0.1) is 5.69 Å². The number of aliphatic carboxylic acids is 1. The first-order valence-electron chi connectivity index (χ1n) is 10.7. The zero-order valence-corrected chi connectivity index (χ0v) is 18.3. The quantitative estimate of drug-likeness (QED) is 0.586. The highest BCUT2D eigenvalue weighted by molar-refractivity contribution is 5.73. The molecule has 4 rings (SSSR count). The fourth-order valence-corrected chi connectivity index (χ4v) is 3.85. The van der Waals surface area contributed by atoms with Crippen LogP contribution in [0.5, 0.6) is 0 Å². The summed E-state index contributed by atoms with van der Waals surface area (Å²) in [6.45, 7) is 6.73. The van der Waals surface area contributed by atoms with Crippen molar-refractivity contribution >= 4 is 5.97 Å². The Morgan fingerprint density at radius 1 is 1.09 bits per heavy atom. The second-order valence-corrected chi connectivity index (χ2v) is 7.64. The number of nitrogens with zero attached hydrogens (tertiary/aromatic N) is 3. The van der Waals surface area contributed by atoms with E-state index in [0.717, 1.165) is 38.3 Å². The van der Waals surface area contributed by atoms with Crippen LogP contribution in [0.15, 0.2) is 67.0 Å². The maximum atomic E-state index is 10.6. The summed E-state index contributed by atoms with van der Waals surface area (Å²) in [7, 11) is 0. The van der Waals surface area contributed by atoms with Crippen LogP contribution < -0.4 is 5.32 Å². The second kappa shape index (κ2) is 11.1. The molecule has 9 heteroatoms. The van der Waals surface area contributed by atoms with Gasteiger partial charge >= 0.3 is 12.1 Å². The first-order chi connectivity index (χ1) is 15.8. The minimum atomic E-state index is -5.08. The van der Waals surface area contributed by atoms with Gasteiger partial charge in [-0.25, -0.2) is 9.48 Å². The van der Waals surface area contributed by atoms with Gasteiger partial charge in [0, 0.05) is 44.6 Å². The Labute approximate surface area is 190 Å². The van der Waals surface area contributed by atoms with Crippen molar-refractivity contribution in [1.29, 1.82) is 0 Å². The normalized spacial score (nSPS) is 15.4. The highest BCUT2D eigenvalue weighted by Gasteiger charge is 2.38. The molecule has 2 N–H and O–H groups in total. The Hall–Kier alpha value is -3.17. The molecule has 0 amide bonds. The third-order valence-corrected chi connectivity index (χ3v) is 5.47. The Morgan fingerprint density at radius 2 is 1.76 bits per heavy atom. The van der Waals surface area contributed by atoms with Crippen LogP contribution in [0.25, 0.3) is 16.8 Å². The van der Waals surface area contributed by atoms with Crippen molar-refractivity contribution < 1.29 is 23.1 Å². The smallest absolute Gasteiger partial charge is 0.475 e. The van der Waals surface area contributed by atoms with Crippen molar-refractivity contribution in [3.05, 3.63) is 72.6 Å². The Bertz CT molecular complexity index is 1010. The molecule has 3 aromatic rings. The van der Waals surface area contributed by atoms with E-state index in [2.05, 4.69) is 70.8 Å². The van der Waals surface area contributed by atoms with Gasteiger partial charge in [-0.1, -0.05) is 43.3 Å². The molecule has 1 unspecified atom stereocenters. The van der Waals surface area contributed by atoms with Gasteiger partial charge in [-0.05, 0) is 41.3 Å². The minimum Gasteiger partial charge on any atom is -0.475 e. The minimum absolute atomic E-state index is 0.515. The summed E-state index contributed by atoms with van der Waals surface area (Å²) in [6, 6.07) is 20.1. The summed E-state index contributed by atoms with van der Waals surface area (Å²) in [6.07, 6.45) is -0.155. The molecule has 1 aromatic heterocycles. The summed E-state index contributed by atoms with van der Waals surface area (Å²) in [5.41, 5.74) is 4.97. The van der Waals surface area contributed by atoms with Gasteiger partial charge < -0.3 is 10.4 Å². The van der Waals surface area contributed by atoms with Gasteiger partial charge in [0.15, 0.2) is 0 Å². The number of piperazine rings is 1. The van der Waals surface area contributed by atoms with Gasteiger partial charge in [-0.15, -0.1) is 0 Å². The van der Waals surface area contributed by atoms with Crippen LogP contribution in [-0.4, -0.2) is 58.1 Å². The van der Waals surface area contributed by atoms with Crippen LogP contribution in [0.4, 0.5) is 13.2 Å². The molecular weight excluding hydrogens is 433 g/mol. The standard InChI is InChI=1S/C22H26N4.C2HF3O2/c1-2-22(25-15-12-23-13-16-25)19-9-7-18(8-10-19)20-5-3-6-21(17-20)26-14-4-11-24-26;3-2(4,5)1(6)7/h3-11,14,17,22-23H,2,12-13,15-16H2,1H3;(H,6,7). The van der Waals surface area contributed by atoms with Crippen molar-refractivity contribution in [2.24, 2.45) is 0 Å². The van der Waals surface area contributed by atoms with Crippen LogP contribution in [0.3, 0.4) is 0 Å². The van der Waals surface area contributed by atoms with E-state index >= 15 is 0 Å². The van der Waals surface area contributed by atoms with Crippen molar-refractivity contribution in [3.63, 3.8) is 0 Å². The second-order valence-electron chi connectivity index (χ2n) is 7.64. The lowest BCUT2D eigenvalue weighted by Gasteiger charge is -2.34. The third kappa shape index (κ3) is 6.66. The number of hydrogen-bond donors (Lipinski definition) is 2. The molecule has 0 aliphatic carbocycles. The zero-order valence-electron chi connectivity index (χ0n) is 18.3. The van der Waals surface area contributed by atoms with E-state index in [1.54, 1.807) is 0 Å². The number of aromatic nitrogens is 2. The Kier molecular flexibility index (Phi) is 8.24. The number of halogens is 3. The van der Waals surface area contributed by atoms with Crippen LogP contribution in [0, 0.1) is 0 Å². The van der Waals surface area contributed by atoms with Crippen LogP contribution in [0.2, 0.25) is 0 Å². The highest BCUT2D eigenvalue weighted by Crippen LogP contribution is 2.28. The van der Waals surface area contributed by atoms with Crippen molar-refractivity contribution in [3.8, 4) is 16.8 Å². The monoisotopic (exact) mass is 460 g/mol. The van der Waals surface area contributed by atoms with E-state index in [-0.39, 0.29) is 0 Å². The average Bonchev–Trinajstić information content (AvgIpc) is 3.36. The molecule has 2 aromatic carbocycles. The number of carboxylic acid groups (broad SMARTS) is 1. The average molecular weight is 461 g/mol. The molecule has 33 heavy (non-hydrogen) atoms. The van der Waals surface area contributed by atoms with Gasteiger partial charge in [-0.3, -0.25) is 4.90 Å². The SMILES string of the molecule is CCC(c1ccc(-c2cccc(-n3cccn3)c2)cc1)N1CCNCC1.O=C(O)C(F)(F)F. The molecule has 176 valence electrons. The van der Waals surface area contributed by atoms with Gasteiger partial charge in [0.25, 0.3) is 0 Å². The molecule has 0 saturated carbocycles. The number of hydrogen-bond acceptors (Lipinski definition) is 4. The first kappa shape index (κ1) is 24.5. The number of carbonyl (C=O) groups is 1.